The SMILES string of the molecule is [Na+].[Na+].[Na+].[Na+].[O-][P+]([O-])([O-])c1ccnc(-c2cc([P+]([O-])([O-])[O-])ccn2)c1. The van der Waals surface area contributed by atoms with E-state index in [1.807, 2.05) is 0 Å². The Bertz CT molecular complexity index is 586. The summed E-state index contributed by atoms with van der Waals surface area (Å²) in [5.41, 5.74) is -0.0468. The normalized spacial score (nSPS) is 10.4. The molecule has 0 N–H and O–H groups in total. The average molecular weight is 404 g/mol. The number of hydrogen-bond acceptors (Lipinski definition) is 8. The van der Waals surface area contributed by atoms with Crippen molar-refractivity contribution in [3.05, 3.63) is 36.7 Å². The first kappa shape index (κ1) is 31.6. The first-order chi connectivity index (χ1) is 9.18. The molecule has 0 bridgehead atoms. The van der Waals surface area contributed by atoms with Gasteiger partial charge in [-0.1, -0.05) is 0 Å². The second-order valence-corrected chi connectivity index (χ2v) is 6.82. The molecule has 0 amide bonds. The molecule has 2 aromatic heterocycles. The summed E-state index contributed by atoms with van der Waals surface area (Å²) in [6, 6.07) is 3.96. The van der Waals surface area contributed by atoms with Crippen molar-refractivity contribution < 1.29 is 148 Å². The molecule has 0 aliphatic carbocycles. The van der Waals surface area contributed by atoms with Gasteiger partial charge in [-0.15, -0.1) is 15.9 Å². The summed E-state index contributed by atoms with van der Waals surface area (Å²) in [5.74, 6) is 0. The average Bonchev–Trinajstić information content (AvgIpc) is 2.37. The third-order valence-corrected chi connectivity index (χ3v) is 4.20. The smallest absolute Gasteiger partial charge is 0.683 e. The number of nitrogens with zero attached hydrogens (tertiary/aromatic N) is 2. The summed E-state index contributed by atoms with van der Waals surface area (Å²) in [6.07, 6.45) is 2.16. The molecule has 0 radical (unpaired) electrons. The van der Waals surface area contributed by atoms with Crippen LogP contribution in [-0.4, -0.2) is 9.97 Å². The molecule has 8 nitrogen and oxygen atoms in total. The summed E-state index contributed by atoms with van der Waals surface area (Å²) in [5, 5.41) is -0.996. The minimum Gasteiger partial charge on any atom is -0.683 e. The summed E-state index contributed by atoms with van der Waals surface area (Å²) in [4.78, 5) is 73.1. The van der Waals surface area contributed by atoms with Crippen molar-refractivity contribution in [1.82, 2.24) is 9.97 Å². The van der Waals surface area contributed by atoms with E-state index in [-0.39, 0.29) is 130 Å². The molecule has 2 heterocycles. The van der Waals surface area contributed by atoms with Crippen molar-refractivity contribution in [2.24, 2.45) is 0 Å². The first-order valence-corrected chi connectivity index (χ1v) is 8.24. The topological polar surface area (TPSA) is 164 Å². The molecular weight excluding hydrogens is 398 g/mol. The van der Waals surface area contributed by atoms with Crippen molar-refractivity contribution in [3.63, 3.8) is 0 Å². The molecule has 24 heavy (non-hydrogen) atoms. The van der Waals surface area contributed by atoms with Crippen molar-refractivity contribution in [2.45, 2.75) is 0 Å². The Morgan fingerprint density at radius 3 is 1.12 bits per heavy atom. The number of pyridine rings is 2. The van der Waals surface area contributed by atoms with Crippen LogP contribution in [0.1, 0.15) is 0 Å². The molecule has 0 aromatic carbocycles. The Morgan fingerprint density at radius 2 is 0.875 bits per heavy atom. The van der Waals surface area contributed by atoms with Gasteiger partial charge in [0, 0.05) is 24.5 Å². The zero-order valence-corrected chi connectivity index (χ0v) is 23.5. The van der Waals surface area contributed by atoms with Gasteiger partial charge >= 0.3 is 118 Å². The van der Waals surface area contributed by atoms with Crippen LogP contribution in [0.4, 0.5) is 0 Å². The Morgan fingerprint density at radius 1 is 0.583 bits per heavy atom. The van der Waals surface area contributed by atoms with Crippen LogP contribution in [0.2, 0.25) is 0 Å². The van der Waals surface area contributed by atoms with Gasteiger partial charge in [0.2, 0.25) is 0 Å². The number of aromatic nitrogens is 2. The van der Waals surface area contributed by atoms with E-state index in [1.165, 1.54) is 0 Å². The molecule has 2 rings (SSSR count). The fraction of sp³-hybridized carbons (Fsp3) is 0. The Labute approximate surface area is 228 Å². The third kappa shape index (κ3) is 9.41. The van der Waals surface area contributed by atoms with Crippen LogP contribution in [0.25, 0.3) is 11.4 Å². The van der Waals surface area contributed by atoms with E-state index >= 15 is 0 Å². The standard InChI is InChI=1S/C10H10N2O6P2.4Na/c13-19(14,15)7-1-3-11-9(5-7)10-6-8(2-4-12-10)20(16,17)18;;;;/h1-6H,(H2,13,14,15)(H2,16,17,18);;;;/q;4*+1/p-4. The summed E-state index contributed by atoms with van der Waals surface area (Å²) >= 11 is 0. The molecule has 0 atom stereocenters. The van der Waals surface area contributed by atoms with Crippen molar-refractivity contribution in [1.29, 1.82) is 0 Å². The van der Waals surface area contributed by atoms with Gasteiger partial charge < -0.3 is 29.4 Å². The summed E-state index contributed by atoms with van der Waals surface area (Å²) < 4.78 is 0. The zero-order chi connectivity index (χ0) is 15.0. The maximum atomic E-state index is 10.9. The van der Waals surface area contributed by atoms with Gasteiger partial charge in [0.05, 0.1) is 22.0 Å². The van der Waals surface area contributed by atoms with Crippen LogP contribution < -0.4 is 158 Å². The molecule has 0 saturated heterocycles. The third-order valence-electron chi connectivity index (χ3n) is 2.38. The molecule has 2 aromatic rings. The van der Waals surface area contributed by atoms with Crippen LogP contribution in [0, 0.1) is 0 Å². The monoisotopic (exact) mass is 404 g/mol. The van der Waals surface area contributed by atoms with Gasteiger partial charge in [-0.25, -0.2) is 0 Å². The van der Waals surface area contributed by atoms with Crippen LogP contribution in [0.3, 0.4) is 0 Å². The van der Waals surface area contributed by atoms with Crippen molar-refractivity contribution in [3.8, 4) is 11.4 Å². The van der Waals surface area contributed by atoms with E-state index in [2.05, 4.69) is 9.97 Å². The van der Waals surface area contributed by atoms with Crippen molar-refractivity contribution >= 4 is 26.5 Å². The molecule has 0 aliphatic heterocycles. The summed E-state index contributed by atoms with van der Waals surface area (Å²) in [7, 11) is -9.91. The predicted molar refractivity (Wildman–Crippen MR) is 60.6 cm³/mol. The Balaban J connectivity index is -0.00000110. The van der Waals surface area contributed by atoms with Gasteiger partial charge in [0.25, 0.3) is 0 Å². The van der Waals surface area contributed by atoms with E-state index in [0.29, 0.717) is 0 Å². The van der Waals surface area contributed by atoms with Gasteiger partial charge in [-0.2, -0.15) is 0 Å². The van der Waals surface area contributed by atoms with Crippen LogP contribution in [0.15, 0.2) is 36.7 Å². The Kier molecular flexibility index (Phi) is 17.4. The molecule has 106 valence electrons. The van der Waals surface area contributed by atoms with E-state index in [0.717, 1.165) is 36.7 Å². The molecule has 14 heteroatoms. The maximum absolute atomic E-state index is 10.9. The van der Waals surface area contributed by atoms with E-state index in [4.69, 9.17) is 0 Å². The quantitative estimate of drug-likeness (QED) is 0.360. The van der Waals surface area contributed by atoms with Gasteiger partial charge in [-0.3, -0.25) is 9.97 Å². The predicted octanol–water partition coefficient (Wildman–Crippen LogP) is -16.9. The van der Waals surface area contributed by atoms with E-state index in [1.54, 1.807) is 0 Å². The van der Waals surface area contributed by atoms with Gasteiger partial charge in [0.15, 0.2) is 0 Å². The van der Waals surface area contributed by atoms with Crippen molar-refractivity contribution in [2.75, 3.05) is 0 Å². The fourth-order valence-corrected chi connectivity index (χ4v) is 2.52. The van der Waals surface area contributed by atoms with E-state index < -0.39 is 26.5 Å². The second-order valence-electron chi connectivity index (χ2n) is 3.79. The Hall–Kier alpha value is 2.92. The largest absolute Gasteiger partial charge is 1.00 e. The molecule has 0 unspecified atom stereocenters. The molecule has 0 saturated carbocycles. The first-order valence-electron chi connectivity index (χ1n) is 5.15. The second kappa shape index (κ2) is 13.2. The molecule has 0 aliphatic rings. The molecular formula is C10H6N2Na4O6P2. The van der Waals surface area contributed by atoms with Gasteiger partial charge in [0.1, 0.15) is 0 Å². The fourth-order valence-electron chi connectivity index (χ4n) is 1.46. The number of hydrogen-bond donors (Lipinski definition) is 0. The van der Waals surface area contributed by atoms with Crippen LogP contribution in [0.5, 0.6) is 0 Å². The minimum absolute atomic E-state index is 0. The number of rotatable bonds is 3. The molecule has 0 fully saturated rings. The minimum atomic E-state index is -4.96. The zero-order valence-electron chi connectivity index (χ0n) is 13.7. The molecule has 0 spiro atoms. The van der Waals surface area contributed by atoms with Gasteiger partial charge in [-0.05, 0) is 12.1 Å². The maximum Gasteiger partial charge on any atom is 1.00 e. The van der Waals surface area contributed by atoms with E-state index in [9.17, 15) is 29.4 Å². The van der Waals surface area contributed by atoms with Crippen LogP contribution in [-0.2, 0) is 0 Å². The summed E-state index contributed by atoms with van der Waals surface area (Å²) in [6.45, 7) is 0. The van der Waals surface area contributed by atoms with Crippen LogP contribution >= 0.6 is 15.9 Å².